The summed E-state index contributed by atoms with van der Waals surface area (Å²) in [6, 6.07) is 82.1. The van der Waals surface area contributed by atoms with Crippen molar-refractivity contribution < 1.29 is 0 Å². The Bertz CT molecular complexity index is 3020. The van der Waals surface area contributed by atoms with Gasteiger partial charge < -0.3 is 0 Å². The zero-order valence-electron chi connectivity index (χ0n) is 32.8. The molecule has 0 aromatic heterocycles. The van der Waals surface area contributed by atoms with Crippen LogP contribution in [0.4, 0.5) is 0 Å². The van der Waals surface area contributed by atoms with Crippen LogP contribution in [-0.2, 0) is 5.41 Å². The Morgan fingerprint density at radius 1 is 0.310 bits per heavy atom. The van der Waals surface area contributed by atoms with Crippen molar-refractivity contribution in [2.75, 3.05) is 0 Å². The molecule has 0 radical (unpaired) electrons. The highest BCUT2D eigenvalue weighted by atomic mass is 28.3. The molecule has 0 saturated carbocycles. The summed E-state index contributed by atoms with van der Waals surface area (Å²) in [5, 5.41) is 13.2. The molecule has 0 N–H and O–H groups in total. The van der Waals surface area contributed by atoms with Crippen LogP contribution in [0.3, 0.4) is 0 Å². The highest BCUT2D eigenvalue weighted by Crippen LogP contribution is 2.51. The summed E-state index contributed by atoms with van der Waals surface area (Å²) >= 11 is 0. The Labute approximate surface area is 341 Å². The molecule has 1 heteroatoms. The fraction of sp³-hybridized carbons (Fsp3) is 0.0526. The molecule has 0 bridgehead atoms. The summed E-state index contributed by atoms with van der Waals surface area (Å²) < 4.78 is 0. The molecule has 0 fully saturated rings. The molecule has 11 rings (SSSR count). The molecule has 0 aliphatic heterocycles. The third-order valence-electron chi connectivity index (χ3n) is 13.0. The smallest absolute Gasteiger partial charge is 0.0623 e. The van der Waals surface area contributed by atoms with Crippen LogP contribution in [0.5, 0.6) is 0 Å². The van der Waals surface area contributed by atoms with Gasteiger partial charge in [-0.2, -0.15) is 0 Å². The van der Waals surface area contributed by atoms with Gasteiger partial charge in [-0.15, -0.1) is 0 Å². The molecular weight excluding hydrogens is 713 g/mol. The molecule has 10 aromatic rings. The third kappa shape index (κ3) is 5.13. The van der Waals surface area contributed by atoms with Crippen LogP contribution in [-0.4, -0.2) is 8.07 Å². The van der Waals surface area contributed by atoms with Gasteiger partial charge in [0.05, 0.1) is 0 Å². The first-order chi connectivity index (χ1) is 28.5. The number of fused-ring (bicyclic) bond motifs is 6. The second-order valence-corrected chi connectivity index (χ2v) is 20.2. The predicted molar refractivity (Wildman–Crippen MR) is 251 cm³/mol. The zero-order chi connectivity index (χ0) is 38.8. The lowest BCUT2D eigenvalue weighted by molar-refractivity contribution is 0.660. The van der Waals surface area contributed by atoms with Crippen LogP contribution in [0.2, 0.25) is 0 Å². The van der Waals surface area contributed by atoms with E-state index in [1.54, 1.807) is 0 Å². The number of rotatable bonds is 6. The topological polar surface area (TPSA) is 0 Å². The second kappa shape index (κ2) is 13.4. The van der Waals surface area contributed by atoms with Crippen LogP contribution in [0.25, 0.3) is 65.7 Å². The van der Waals surface area contributed by atoms with E-state index in [2.05, 4.69) is 232 Å². The van der Waals surface area contributed by atoms with E-state index in [-0.39, 0.29) is 5.41 Å². The van der Waals surface area contributed by atoms with Gasteiger partial charge in [-0.1, -0.05) is 220 Å². The lowest BCUT2D eigenvalue weighted by atomic mass is 9.80. The van der Waals surface area contributed by atoms with Crippen LogP contribution in [0.15, 0.2) is 218 Å². The predicted octanol–water partition coefficient (Wildman–Crippen LogP) is 12.2. The summed E-state index contributed by atoms with van der Waals surface area (Å²) in [7, 11) is -2.64. The first-order valence-electron chi connectivity index (χ1n) is 20.4. The lowest BCUT2D eigenvalue weighted by Gasteiger charge is -2.34. The minimum atomic E-state index is -2.64. The maximum Gasteiger partial charge on any atom is 0.179 e. The van der Waals surface area contributed by atoms with Crippen molar-refractivity contribution in [3.63, 3.8) is 0 Å². The van der Waals surface area contributed by atoms with Gasteiger partial charge >= 0.3 is 0 Å². The van der Waals surface area contributed by atoms with E-state index >= 15 is 0 Å². The Morgan fingerprint density at radius 3 is 1.28 bits per heavy atom. The largest absolute Gasteiger partial charge is 0.179 e. The van der Waals surface area contributed by atoms with Crippen LogP contribution < -0.4 is 20.7 Å². The van der Waals surface area contributed by atoms with E-state index in [0.29, 0.717) is 0 Å². The highest BCUT2D eigenvalue weighted by Gasteiger charge is 2.41. The summed E-state index contributed by atoms with van der Waals surface area (Å²) in [4.78, 5) is 0. The minimum absolute atomic E-state index is 0.0656. The molecule has 0 saturated heterocycles. The van der Waals surface area contributed by atoms with Gasteiger partial charge in [0.2, 0.25) is 0 Å². The van der Waals surface area contributed by atoms with Gasteiger partial charge in [-0.25, -0.2) is 0 Å². The Morgan fingerprint density at radius 2 is 0.724 bits per heavy atom. The Balaban J connectivity index is 1.10. The second-order valence-electron chi connectivity index (χ2n) is 16.4. The van der Waals surface area contributed by atoms with Crippen molar-refractivity contribution in [1.82, 2.24) is 0 Å². The van der Waals surface area contributed by atoms with Crippen molar-refractivity contribution in [2.45, 2.75) is 19.3 Å². The van der Waals surface area contributed by atoms with Crippen molar-refractivity contribution in [3.8, 4) is 33.4 Å². The van der Waals surface area contributed by atoms with E-state index < -0.39 is 8.07 Å². The molecule has 0 spiro atoms. The first-order valence-corrected chi connectivity index (χ1v) is 22.4. The van der Waals surface area contributed by atoms with Crippen molar-refractivity contribution in [1.29, 1.82) is 0 Å². The fourth-order valence-electron chi connectivity index (χ4n) is 10.3. The van der Waals surface area contributed by atoms with Crippen molar-refractivity contribution in [2.24, 2.45) is 0 Å². The average Bonchev–Trinajstić information content (AvgIpc) is 3.52. The first kappa shape index (κ1) is 34.4. The molecule has 10 aromatic carbocycles. The SMILES string of the molecule is CC1(C)c2ccccc2-c2ccc(-c3c4ccccc4c(-c4ccc5cc([Si](c6ccccc6)(c6ccccc6)c6ccccc6)ccc5c4)c4ccccc34)cc21. The van der Waals surface area contributed by atoms with Gasteiger partial charge in [0.25, 0.3) is 0 Å². The van der Waals surface area contributed by atoms with Gasteiger partial charge in [0.1, 0.15) is 0 Å². The number of hydrogen-bond donors (Lipinski definition) is 0. The Kier molecular flexibility index (Phi) is 7.96. The summed E-state index contributed by atoms with van der Waals surface area (Å²) in [6.45, 7) is 4.74. The van der Waals surface area contributed by atoms with E-state index in [1.165, 1.54) is 97.6 Å². The average molecular weight is 755 g/mol. The van der Waals surface area contributed by atoms with Gasteiger partial charge in [-0.05, 0) is 110 Å². The molecular formula is C57H42Si. The van der Waals surface area contributed by atoms with Crippen LogP contribution in [0, 0.1) is 0 Å². The van der Waals surface area contributed by atoms with E-state index in [4.69, 9.17) is 0 Å². The molecule has 0 amide bonds. The minimum Gasteiger partial charge on any atom is -0.0623 e. The van der Waals surface area contributed by atoms with E-state index in [1.807, 2.05) is 0 Å². The van der Waals surface area contributed by atoms with Crippen LogP contribution >= 0.6 is 0 Å². The summed E-state index contributed by atoms with van der Waals surface area (Å²) in [6.07, 6.45) is 0. The molecule has 0 unspecified atom stereocenters. The zero-order valence-corrected chi connectivity index (χ0v) is 33.8. The molecule has 1 aliphatic rings. The quantitative estimate of drug-likeness (QED) is 0.0901. The van der Waals surface area contributed by atoms with E-state index in [9.17, 15) is 0 Å². The summed E-state index contributed by atoms with van der Waals surface area (Å²) in [5.41, 5.74) is 10.6. The standard InChI is InChI=1S/C57H42Si/c1-57(2)53-29-17-16-24-47(53)48-35-33-42(38-54(48)57)56-51-27-14-12-25-49(51)55(50-26-13-15-28-52(50)56)41-31-30-40-37-46(34-32-39(40)36-41)58(43-18-6-3-7-19-43,44-20-8-4-9-21-44)45-22-10-5-11-23-45/h3-38H,1-2H3. The third-order valence-corrected chi connectivity index (χ3v) is 17.8. The lowest BCUT2D eigenvalue weighted by Crippen LogP contribution is -2.74. The maximum absolute atomic E-state index is 2.64. The van der Waals surface area contributed by atoms with E-state index in [0.717, 1.165) is 0 Å². The molecule has 0 atom stereocenters. The molecule has 0 nitrogen and oxygen atoms in total. The van der Waals surface area contributed by atoms with Crippen LogP contribution in [0.1, 0.15) is 25.0 Å². The van der Waals surface area contributed by atoms with Crippen molar-refractivity contribution in [3.05, 3.63) is 230 Å². The number of hydrogen-bond acceptors (Lipinski definition) is 0. The van der Waals surface area contributed by atoms with Gasteiger partial charge in [-0.3, -0.25) is 0 Å². The molecule has 274 valence electrons. The fourth-order valence-corrected chi connectivity index (χ4v) is 15.1. The maximum atomic E-state index is 2.48. The molecule has 58 heavy (non-hydrogen) atoms. The van der Waals surface area contributed by atoms with Gasteiger partial charge in [0, 0.05) is 5.41 Å². The Hall–Kier alpha value is -6.80. The normalized spacial score (nSPS) is 13.1. The van der Waals surface area contributed by atoms with Crippen molar-refractivity contribution >= 4 is 61.1 Å². The summed E-state index contributed by atoms with van der Waals surface area (Å²) in [5.74, 6) is 0. The van der Waals surface area contributed by atoms with Gasteiger partial charge in [0.15, 0.2) is 8.07 Å². The highest BCUT2D eigenvalue weighted by molar-refractivity contribution is 7.20. The molecule has 0 heterocycles. The number of benzene rings is 10. The molecule has 1 aliphatic carbocycles. The monoisotopic (exact) mass is 754 g/mol.